The summed E-state index contributed by atoms with van der Waals surface area (Å²) in [6.45, 7) is 8.27. The lowest BCUT2D eigenvalue weighted by Gasteiger charge is -2.23. The van der Waals surface area contributed by atoms with Crippen molar-refractivity contribution >= 4 is 51.6 Å². The first-order chi connectivity index (χ1) is 17.9. The predicted octanol–water partition coefficient (Wildman–Crippen LogP) is 6.13. The highest BCUT2D eigenvalue weighted by Gasteiger charge is 2.27. The summed E-state index contributed by atoms with van der Waals surface area (Å²) in [4.78, 5) is 25.8. The van der Waals surface area contributed by atoms with Gasteiger partial charge in [0.2, 0.25) is 5.91 Å². The van der Waals surface area contributed by atoms with Crippen LogP contribution in [0.2, 0.25) is 5.02 Å². The average molecular weight is 534 g/mol. The first-order valence-corrected chi connectivity index (χ1v) is 13.2. The van der Waals surface area contributed by atoms with Crippen LogP contribution in [0.1, 0.15) is 36.1 Å². The highest BCUT2D eigenvalue weighted by atomic mass is 35.5. The Bertz CT molecular complexity index is 1430. The first-order valence-electron chi connectivity index (χ1n) is 11.9. The van der Waals surface area contributed by atoms with Crippen LogP contribution < -0.4 is 10.6 Å². The number of hydrogen-bond acceptors (Lipinski definition) is 5. The summed E-state index contributed by atoms with van der Waals surface area (Å²) in [5.41, 5.74) is 1.16. The van der Waals surface area contributed by atoms with Gasteiger partial charge in [0, 0.05) is 17.6 Å². The van der Waals surface area contributed by atoms with E-state index in [1.165, 1.54) is 11.8 Å². The number of amides is 2. The SMILES string of the molecule is C=CCn1c(SCC(=O)Nc2cccc3ccccc23)nnc1[C@@H](NC(=O)c1ccccc1Cl)C(C)C. The summed E-state index contributed by atoms with van der Waals surface area (Å²) < 4.78 is 1.88. The number of nitrogens with zero attached hydrogens (tertiary/aromatic N) is 3. The molecule has 0 aliphatic heterocycles. The lowest BCUT2D eigenvalue weighted by atomic mass is 10.0. The van der Waals surface area contributed by atoms with Gasteiger partial charge in [0.05, 0.1) is 22.4 Å². The molecule has 0 bridgehead atoms. The molecule has 0 saturated carbocycles. The van der Waals surface area contributed by atoms with Crippen molar-refractivity contribution < 1.29 is 9.59 Å². The first kappa shape index (κ1) is 26.4. The fourth-order valence-electron chi connectivity index (χ4n) is 3.98. The smallest absolute Gasteiger partial charge is 0.253 e. The van der Waals surface area contributed by atoms with Gasteiger partial charge in [0.15, 0.2) is 11.0 Å². The van der Waals surface area contributed by atoms with Gasteiger partial charge in [0.1, 0.15) is 0 Å². The number of hydrogen-bond donors (Lipinski definition) is 2. The van der Waals surface area contributed by atoms with E-state index in [9.17, 15) is 9.59 Å². The largest absolute Gasteiger partial charge is 0.342 e. The van der Waals surface area contributed by atoms with Gasteiger partial charge in [-0.1, -0.05) is 91.8 Å². The number of anilines is 1. The highest BCUT2D eigenvalue weighted by molar-refractivity contribution is 7.99. The molecule has 2 N–H and O–H groups in total. The summed E-state index contributed by atoms with van der Waals surface area (Å²) in [6.07, 6.45) is 1.74. The quantitative estimate of drug-likeness (QED) is 0.189. The summed E-state index contributed by atoms with van der Waals surface area (Å²) in [5.74, 6) is 0.320. The average Bonchev–Trinajstić information content (AvgIpc) is 3.28. The van der Waals surface area contributed by atoms with Crippen molar-refractivity contribution in [2.45, 2.75) is 31.6 Å². The monoisotopic (exact) mass is 533 g/mol. The molecule has 0 aliphatic carbocycles. The number of fused-ring (bicyclic) bond motifs is 1. The lowest BCUT2D eigenvalue weighted by molar-refractivity contribution is -0.113. The van der Waals surface area contributed by atoms with Gasteiger partial charge in [-0.25, -0.2) is 0 Å². The second kappa shape index (κ2) is 12.1. The van der Waals surface area contributed by atoms with Crippen molar-refractivity contribution in [3.63, 3.8) is 0 Å². The van der Waals surface area contributed by atoms with E-state index >= 15 is 0 Å². The van der Waals surface area contributed by atoms with E-state index < -0.39 is 6.04 Å². The Labute approximate surface area is 225 Å². The molecule has 0 fully saturated rings. The standard InChI is InChI=1S/C28H28ClN5O2S/c1-4-16-34-26(25(18(2)3)31-27(36)21-13-7-8-14-22(21)29)32-33-28(34)37-17-24(35)30-23-15-9-11-19-10-5-6-12-20(19)23/h4-15,18,25H,1,16-17H2,2-3H3,(H,30,35)(H,31,36)/t25-/m0/s1. The second-order valence-corrected chi connectivity index (χ2v) is 10.1. The lowest BCUT2D eigenvalue weighted by Crippen LogP contribution is -2.34. The molecule has 37 heavy (non-hydrogen) atoms. The van der Waals surface area contributed by atoms with Crippen LogP contribution in [-0.2, 0) is 11.3 Å². The number of allylic oxidation sites excluding steroid dienone is 1. The Kier molecular flexibility index (Phi) is 8.63. The molecule has 3 aromatic carbocycles. The molecule has 2 amide bonds. The molecule has 1 aromatic heterocycles. The van der Waals surface area contributed by atoms with E-state index in [-0.39, 0.29) is 23.5 Å². The van der Waals surface area contributed by atoms with Crippen LogP contribution >= 0.6 is 23.4 Å². The molecule has 0 radical (unpaired) electrons. The van der Waals surface area contributed by atoms with Crippen molar-refractivity contribution in [1.29, 1.82) is 0 Å². The van der Waals surface area contributed by atoms with E-state index in [4.69, 9.17) is 11.6 Å². The Morgan fingerprint density at radius 2 is 1.78 bits per heavy atom. The number of carbonyl (C=O) groups is 2. The maximum Gasteiger partial charge on any atom is 0.253 e. The third-order valence-corrected chi connectivity index (χ3v) is 7.10. The van der Waals surface area contributed by atoms with Crippen molar-refractivity contribution in [3.05, 3.63) is 95.8 Å². The third kappa shape index (κ3) is 6.21. The molecule has 7 nitrogen and oxygen atoms in total. The zero-order chi connectivity index (χ0) is 26.4. The topological polar surface area (TPSA) is 88.9 Å². The Morgan fingerprint density at radius 1 is 1.05 bits per heavy atom. The van der Waals surface area contributed by atoms with E-state index in [0.29, 0.717) is 28.1 Å². The van der Waals surface area contributed by atoms with Gasteiger partial charge in [-0.05, 0) is 29.5 Å². The molecule has 0 aliphatic rings. The molecular formula is C28H28ClN5O2S. The second-order valence-electron chi connectivity index (χ2n) is 8.78. The summed E-state index contributed by atoms with van der Waals surface area (Å²) in [7, 11) is 0. The Balaban J connectivity index is 1.50. The number of nitrogens with one attached hydrogen (secondary N) is 2. The maximum absolute atomic E-state index is 13.0. The Hall–Kier alpha value is -3.62. The van der Waals surface area contributed by atoms with Gasteiger partial charge in [-0.3, -0.25) is 9.59 Å². The van der Waals surface area contributed by atoms with Crippen LogP contribution in [0.5, 0.6) is 0 Å². The Morgan fingerprint density at radius 3 is 2.54 bits per heavy atom. The van der Waals surface area contributed by atoms with Crippen molar-refractivity contribution in [3.8, 4) is 0 Å². The van der Waals surface area contributed by atoms with Crippen LogP contribution in [0.3, 0.4) is 0 Å². The predicted molar refractivity (Wildman–Crippen MR) is 150 cm³/mol. The third-order valence-electron chi connectivity index (χ3n) is 5.80. The molecule has 0 spiro atoms. The van der Waals surface area contributed by atoms with Gasteiger partial charge >= 0.3 is 0 Å². The minimum Gasteiger partial charge on any atom is -0.342 e. The van der Waals surface area contributed by atoms with Crippen LogP contribution in [-0.4, -0.2) is 32.3 Å². The number of thioether (sulfide) groups is 1. The van der Waals surface area contributed by atoms with E-state index in [0.717, 1.165) is 16.5 Å². The van der Waals surface area contributed by atoms with E-state index in [2.05, 4.69) is 27.4 Å². The molecule has 4 rings (SSSR count). The summed E-state index contributed by atoms with van der Waals surface area (Å²) >= 11 is 7.51. The minimum absolute atomic E-state index is 0.0201. The molecule has 1 heterocycles. The molecule has 4 aromatic rings. The van der Waals surface area contributed by atoms with Crippen molar-refractivity contribution in [2.75, 3.05) is 11.1 Å². The summed E-state index contributed by atoms with van der Waals surface area (Å²) in [6, 6.07) is 20.2. The van der Waals surface area contributed by atoms with Crippen LogP contribution in [0.15, 0.2) is 84.5 Å². The zero-order valence-electron chi connectivity index (χ0n) is 20.6. The number of aromatic nitrogens is 3. The molecule has 0 saturated heterocycles. The number of benzene rings is 3. The molecule has 0 unspecified atom stereocenters. The van der Waals surface area contributed by atoms with Crippen LogP contribution in [0, 0.1) is 5.92 Å². The number of rotatable bonds is 10. The zero-order valence-corrected chi connectivity index (χ0v) is 22.2. The van der Waals surface area contributed by atoms with Crippen LogP contribution in [0.4, 0.5) is 5.69 Å². The van der Waals surface area contributed by atoms with Gasteiger partial charge in [-0.2, -0.15) is 0 Å². The summed E-state index contributed by atoms with van der Waals surface area (Å²) in [5, 5.41) is 17.8. The van der Waals surface area contributed by atoms with Gasteiger partial charge < -0.3 is 15.2 Å². The van der Waals surface area contributed by atoms with E-state index in [1.54, 1.807) is 30.3 Å². The number of carbonyl (C=O) groups excluding carboxylic acids is 2. The normalized spacial score (nSPS) is 11.9. The minimum atomic E-state index is -0.421. The fraction of sp³-hybridized carbons (Fsp3) is 0.214. The van der Waals surface area contributed by atoms with Crippen LogP contribution in [0.25, 0.3) is 10.8 Å². The maximum atomic E-state index is 13.0. The molecule has 9 heteroatoms. The van der Waals surface area contributed by atoms with Gasteiger partial charge in [-0.15, -0.1) is 16.8 Å². The van der Waals surface area contributed by atoms with Gasteiger partial charge in [0.25, 0.3) is 5.91 Å². The molecular weight excluding hydrogens is 506 g/mol. The highest BCUT2D eigenvalue weighted by Crippen LogP contribution is 2.27. The van der Waals surface area contributed by atoms with Crippen molar-refractivity contribution in [1.82, 2.24) is 20.1 Å². The van der Waals surface area contributed by atoms with Crippen molar-refractivity contribution in [2.24, 2.45) is 5.92 Å². The number of halogens is 1. The molecule has 1 atom stereocenters. The molecule has 190 valence electrons. The van der Waals surface area contributed by atoms with E-state index in [1.807, 2.05) is 60.9 Å². The fourth-order valence-corrected chi connectivity index (χ4v) is 4.96.